The van der Waals surface area contributed by atoms with E-state index in [1.165, 1.54) is 69.3 Å². The third-order valence-electron chi connectivity index (χ3n) is 5.23. The van der Waals surface area contributed by atoms with Gasteiger partial charge in [-0.25, -0.2) is 0 Å². The molecule has 0 atom stereocenters. The molecule has 0 bridgehead atoms. The number of rotatable bonds is 3. The van der Waals surface area contributed by atoms with Crippen molar-refractivity contribution in [1.82, 2.24) is 0 Å². The summed E-state index contributed by atoms with van der Waals surface area (Å²) in [5.41, 5.74) is 4.91. The normalized spacial score (nSPS) is 21.6. The van der Waals surface area contributed by atoms with Crippen LogP contribution in [0.15, 0.2) is 18.2 Å². The molecule has 1 fully saturated rings. The van der Waals surface area contributed by atoms with Crippen LogP contribution in [0.3, 0.4) is 0 Å². The molecule has 0 spiro atoms. The van der Waals surface area contributed by atoms with Crippen molar-refractivity contribution in [2.75, 3.05) is 23.7 Å². The lowest BCUT2D eigenvalue weighted by molar-refractivity contribution is 0.227. The maximum atomic E-state index is 4.71. The van der Waals surface area contributed by atoms with Crippen LogP contribution >= 0.6 is 12.6 Å². The van der Waals surface area contributed by atoms with E-state index in [1.807, 2.05) is 0 Å². The van der Waals surface area contributed by atoms with Crippen LogP contribution in [0.2, 0.25) is 0 Å². The average Bonchev–Trinajstić information content (AvgIpc) is 2.48. The first kappa shape index (κ1) is 14.3. The van der Waals surface area contributed by atoms with E-state index in [1.54, 1.807) is 5.56 Å². The van der Waals surface area contributed by atoms with Gasteiger partial charge in [-0.15, -0.1) is 0 Å². The Kier molecular flexibility index (Phi) is 4.30. The summed E-state index contributed by atoms with van der Waals surface area (Å²) >= 11 is 4.71. The van der Waals surface area contributed by atoms with Crippen LogP contribution in [0.5, 0.6) is 0 Å². The second-order valence-corrected chi connectivity index (χ2v) is 7.19. The Morgan fingerprint density at radius 3 is 2.70 bits per heavy atom. The highest BCUT2D eigenvalue weighted by Gasteiger charge is 2.33. The number of thiol groups is 1. The summed E-state index contributed by atoms with van der Waals surface area (Å²) in [4.78, 5) is 2.65. The second kappa shape index (κ2) is 6.01. The third kappa shape index (κ3) is 2.86. The molecule has 3 rings (SSSR count). The van der Waals surface area contributed by atoms with Gasteiger partial charge in [-0.3, -0.25) is 0 Å². The van der Waals surface area contributed by atoms with Gasteiger partial charge in [0, 0.05) is 18.8 Å². The molecular formula is C18H27NS. The largest absolute Gasteiger partial charge is 0.371 e. The van der Waals surface area contributed by atoms with Crippen LogP contribution in [0.25, 0.3) is 0 Å². The van der Waals surface area contributed by atoms with Gasteiger partial charge in [0.25, 0.3) is 0 Å². The molecule has 1 aliphatic carbocycles. The molecular weight excluding hydrogens is 262 g/mol. The number of benzene rings is 1. The molecule has 2 aliphatic rings. The Labute approximate surface area is 129 Å². The maximum Gasteiger partial charge on any atom is 0.0399 e. The highest BCUT2D eigenvalue weighted by Crippen LogP contribution is 2.40. The third-order valence-corrected chi connectivity index (χ3v) is 5.90. The van der Waals surface area contributed by atoms with Gasteiger partial charge in [0.05, 0.1) is 0 Å². The Morgan fingerprint density at radius 2 is 1.95 bits per heavy atom. The summed E-state index contributed by atoms with van der Waals surface area (Å²) in [6, 6.07) is 7.00. The predicted molar refractivity (Wildman–Crippen MR) is 91.1 cm³/mol. The smallest absolute Gasteiger partial charge is 0.0399 e. The van der Waals surface area contributed by atoms with Crippen molar-refractivity contribution in [3.8, 4) is 0 Å². The van der Waals surface area contributed by atoms with Gasteiger partial charge < -0.3 is 4.90 Å². The van der Waals surface area contributed by atoms with E-state index in [0.29, 0.717) is 5.41 Å². The molecule has 0 N–H and O–H groups in total. The van der Waals surface area contributed by atoms with Crippen LogP contribution in [0, 0.1) is 12.3 Å². The molecule has 1 aliphatic heterocycles. The highest BCUT2D eigenvalue weighted by molar-refractivity contribution is 7.80. The molecule has 1 nitrogen and oxygen atoms in total. The van der Waals surface area contributed by atoms with E-state index in [2.05, 4.69) is 30.0 Å². The summed E-state index contributed by atoms with van der Waals surface area (Å²) in [5.74, 6) is 1.05. The standard InChI is InChI=1S/C18H27NS/c1-15-7-8-17-16(12-15)6-5-11-19(17)13-18(14-20)9-3-2-4-10-18/h7-8,12,20H,2-6,9-11,13-14H2,1H3. The van der Waals surface area contributed by atoms with Crippen LogP contribution < -0.4 is 4.90 Å². The lowest BCUT2D eigenvalue weighted by Crippen LogP contribution is -2.42. The first-order valence-corrected chi connectivity index (χ1v) is 8.81. The molecule has 0 aromatic heterocycles. The molecule has 2 heteroatoms. The maximum absolute atomic E-state index is 4.71. The fraction of sp³-hybridized carbons (Fsp3) is 0.667. The van der Waals surface area contributed by atoms with Crippen LogP contribution in [0.4, 0.5) is 5.69 Å². The van der Waals surface area contributed by atoms with Crippen LogP contribution in [-0.2, 0) is 6.42 Å². The van der Waals surface area contributed by atoms with Crippen LogP contribution in [-0.4, -0.2) is 18.8 Å². The zero-order valence-corrected chi connectivity index (χ0v) is 13.6. The van der Waals surface area contributed by atoms with E-state index in [-0.39, 0.29) is 0 Å². The van der Waals surface area contributed by atoms with Crippen molar-refractivity contribution in [2.45, 2.75) is 51.9 Å². The Hall–Kier alpha value is -0.630. The Bertz CT molecular complexity index is 462. The molecule has 1 heterocycles. The average molecular weight is 289 g/mol. The van der Waals surface area contributed by atoms with Crippen molar-refractivity contribution in [1.29, 1.82) is 0 Å². The number of anilines is 1. The lowest BCUT2D eigenvalue weighted by atomic mass is 9.75. The zero-order valence-electron chi connectivity index (χ0n) is 12.7. The number of hydrogen-bond acceptors (Lipinski definition) is 2. The fourth-order valence-corrected chi connectivity index (χ4v) is 4.46. The van der Waals surface area contributed by atoms with Crippen molar-refractivity contribution < 1.29 is 0 Å². The predicted octanol–water partition coefficient (Wildman–Crippen LogP) is 4.63. The molecule has 20 heavy (non-hydrogen) atoms. The molecule has 110 valence electrons. The summed E-state index contributed by atoms with van der Waals surface area (Å²) < 4.78 is 0. The molecule has 0 amide bonds. The fourth-order valence-electron chi connectivity index (χ4n) is 4.04. The molecule has 0 radical (unpaired) electrons. The van der Waals surface area contributed by atoms with Gasteiger partial charge in [-0.1, -0.05) is 37.0 Å². The van der Waals surface area contributed by atoms with E-state index in [0.717, 1.165) is 5.75 Å². The van der Waals surface area contributed by atoms with Gasteiger partial charge in [0.15, 0.2) is 0 Å². The number of fused-ring (bicyclic) bond motifs is 1. The SMILES string of the molecule is Cc1ccc2c(c1)CCCN2CC1(CS)CCCCC1. The summed E-state index contributed by atoms with van der Waals surface area (Å²) in [6.45, 7) is 4.65. The molecule has 1 saturated carbocycles. The zero-order chi connectivity index (χ0) is 14.0. The minimum atomic E-state index is 0.459. The Balaban J connectivity index is 1.81. The van der Waals surface area contributed by atoms with Gasteiger partial charge in [-0.05, 0) is 55.4 Å². The second-order valence-electron chi connectivity index (χ2n) is 6.88. The number of aryl methyl sites for hydroxylation is 2. The quantitative estimate of drug-likeness (QED) is 0.794. The van der Waals surface area contributed by atoms with Gasteiger partial charge in [-0.2, -0.15) is 12.6 Å². The highest BCUT2D eigenvalue weighted by atomic mass is 32.1. The van der Waals surface area contributed by atoms with Crippen LogP contribution in [0.1, 0.15) is 49.7 Å². The summed E-state index contributed by atoms with van der Waals surface area (Å²) in [7, 11) is 0. The summed E-state index contributed by atoms with van der Waals surface area (Å²) in [6.07, 6.45) is 9.51. The van der Waals surface area contributed by atoms with Gasteiger partial charge in [0.1, 0.15) is 0 Å². The monoisotopic (exact) mass is 289 g/mol. The van der Waals surface area contributed by atoms with Gasteiger partial charge in [0.2, 0.25) is 0 Å². The van der Waals surface area contributed by atoms with Crippen molar-refractivity contribution in [2.24, 2.45) is 5.41 Å². The Morgan fingerprint density at radius 1 is 1.15 bits per heavy atom. The van der Waals surface area contributed by atoms with Crippen molar-refractivity contribution in [3.05, 3.63) is 29.3 Å². The van der Waals surface area contributed by atoms with Crippen molar-refractivity contribution in [3.63, 3.8) is 0 Å². The summed E-state index contributed by atoms with van der Waals surface area (Å²) in [5, 5.41) is 0. The molecule has 0 saturated heterocycles. The number of nitrogens with zero attached hydrogens (tertiary/aromatic N) is 1. The first-order chi connectivity index (χ1) is 9.72. The van der Waals surface area contributed by atoms with E-state index in [9.17, 15) is 0 Å². The minimum absolute atomic E-state index is 0.459. The number of hydrogen-bond donors (Lipinski definition) is 1. The first-order valence-electron chi connectivity index (χ1n) is 8.18. The van der Waals surface area contributed by atoms with E-state index < -0.39 is 0 Å². The minimum Gasteiger partial charge on any atom is -0.371 e. The lowest BCUT2D eigenvalue weighted by Gasteiger charge is -2.43. The van der Waals surface area contributed by atoms with Gasteiger partial charge >= 0.3 is 0 Å². The topological polar surface area (TPSA) is 3.24 Å². The molecule has 0 unspecified atom stereocenters. The van der Waals surface area contributed by atoms with E-state index >= 15 is 0 Å². The van der Waals surface area contributed by atoms with E-state index in [4.69, 9.17) is 12.6 Å². The molecule has 1 aromatic carbocycles. The molecule has 1 aromatic rings. The van der Waals surface area contributed by atoms with Crippen molar-refractivity contribution >= 4 is 18.3 Å².